The average molecular weight is 235 g/mol. The van der Waals surface area contributed by atoms with Crippen molar-refractivity contribution in [2.24, 2.45) is 10.9 Å². The molecule has 7 heteroatoms. The van der Waals surface area contributed by atoms with Gasteiger partial charge >= 0.3 is 0 Å². The lowest BCUT2D eigenvalue weighted by molar-refractivity contribution is 0.259. The van der Waals surface area contributed by atoms with Crippen LogP contribution in [0, 0.1) is 0 Å². The first-order valence-electron chi connectivity index (χ1n) is 4.88. The topological polar surface area (TPSA) is 96.0 Å². The van der Waals surface area contributed by atoms with Gasteiger partial charge in [0.05, 0.1) is 17.5 Å². The first-order chi connectivity index (χ1) is 6.96. The van der Waals surface area contributed by atoms with Gasteiger partial charge in [0.15, 0.2) is 15.7 Å². The third kappa shape index (κ3) is 3.35. The van der Waals surface area contributed by atoms with Crippen LogP contribution in [0.5, 0.6) is 0 Å². The normalized spacial score (nSPS) is 25.8. The van der Waals surface area contributed by atoms with Crippen LogP contribution in [0.4, 0.5) is 0 Å². The Labute approximate surface area is 89.7 Å². The summed E-state index contributed by atoms with van der Waals surface area (Å²) in [6.07, 6.45) is 0.603. The molecule has 0 saturated carbocycles. The molecule has 3 N–H and O–H groups in total. The molecule has 88 valence electrons. The molecule has 0 aromatic carbocycles. The standard InChI is InChI=1S/C8H17N3O3S/c1-7(8(9)10-12)11-3-2-5-15(13,14)6-4-11/h7,12H,2-6H2,1H3,(H2,9,10). The number of oxime groups is 1. The second kappa shape index (κ2) is 4.80. The monoisotopic (exact) mass is 235 g/mol. The molecular weight excluding hydrogens is 218 g/mol. The van der Waals surface area contributed by atoms with Gasteiger partial charge in [-0.1, -0.05) is 5.16 Å². The molecule has 1 fully saturated rings. The molecule has 1 saturated heterocycles. The van der Waals surface area contributed by atoms with Crippen LogP contribution < -0.4 is 5.73 Å². The largest absolute Gasteiger partial charge is 0.409 e. The lowest BCUT2D eigenvalue weighted by Crippen LogP contribution is -2.44. The molecule has 0 amide bonds. The Morgan fingerprint density at radius 1 is 1.47 bits per heavy atom. The van der Waals surface area contributed by atoms with Crippen LogP contribution in [-0.2, 0) is 9.84 Å². The summed E-state index contributed by atoms with van der Waals surface area (Å²) in [5.41, 5.74) is 5.47. The van der Waals surface area contributed by atoms with Crippen LogP contribution in [0.25, 0.3) is 0 Å². The van der Waals surface area contributed by atoms with Gasteiger partial charge in [-0.2, -0.15) is 0 Å². The molecule has 0 aliphatic carbocycles. The van der Waals surface area contributed by atoms with Gasteiger partial charge in [-0.05, 0) is 19.9 Å². The van der Waals surface area contributed by atoms with Gasteiger partial charge in [0.2, 0.25) is 0 Å². The van der Waals surface area contributed by atoms with E-state index in [0.29, 0.717) is 19.5 Å². The summed E-state index contributed by atoms with van der Waals surface area (Å²) in [6.45, 7) is 2.91. The number of nitrogens with two attached hydrogens (primary N) is 1. The smallest absolute Gasteiger partial charge is 0.156 e. The van der Waals surface area contributed by atoms with Crippen molar-refractivity contribution in [1.82, 2.24) is 4.90 Å². The predicted molar refractivity (Wildman–Crippen MR) is 57.7 cm³/mol. The van der Waals surface area contributed by atoms with Crippen LogP contribution in [0.15, 0.2) is 5.16 Å². The van der Waals surface area contributed by atoms with Crippen molar-refractivity contribution in [1.29, 1.82) is 0 Å². The minimum absolute atomic E-state index is 0.120. The zero-order chi connectivity index (χ0) is 11.5. The Kier molecular flexibility index (Phi) is 3.92. The second-order valence-corrected chi connectivity index (χ2v) is 6.05. The zero-order valence-electron chi connectivity index (χ0n) is 8.76. The Bertz CT molecular complexity index is 339. The van der Waals surface area contributed by atoms with Gasteiger partial charge in [0.1, 0.15) is 0 Å². The Balaban J connectivity index is 2.66. The molecule has 1 aliphatic rings. The van der Waals surface area contributed by atoms with E-state index in [1.54, 1.807) is 6.92 Å². The van der Waals surface area contributed by atoms with Crippen molar-refractivity contribution < 1.29 is 13.6 Å². The molecule has 6 nitrogen and oxygen atoms in total. The molecule has 0 spiro atoms. The fourth-order valence-electron chi connectivity index (χ4n) is 1.62. The predicted octanol–water partition coefficient (Wildman–Crippen LogP) is -0.758. The minimum atomic E-state index is -2.90. The molecule has 0 aromatic heterocycles. The van der Waals surface area contributed by atoms with Crippen molar-refractivity contribution in [3.8, 4) is 0 Å². The van der Waals surface area contributed by atoms with Crippen molar-refractivity contribution in [3.05, 3.63) is 0 Å². The van der Waals surface area contributed by atoms with Crippen LogP contribution in [0.1, 0.15) is 13.3 Å². The van der Waals surface area contributed by atoms with E-state index in [1.165, 1.54) is 0 Å². The summed E-state index contributed by atoms with van der Waals surface area (Å²) in [5.74, 6) is 0.497. The summed E-state index contributed by atoms with van der Waals surface area (Å²) in [6, 6.07) is -0.219. The fourth-order valence-corrected chi connectivity index (χ4v) is 2.90. The number of rotatable bonds is 2. The molecule has 1 unspecified atom stereocenters. The van der Waals surface area contributed by atoms with Crippen LogP contribution in [0.3, 0.4) is 0 Å². The number of hydrogen-bond donors (Lipinski definition) is 2. The molecule has 1 atom stereocenters. The summed E-state index contributed by atoms with van der Waals surface area (Å²) in [5, 5.41) is 11.5. The highest BCUT2D eigenvalue weighted by Crippen LogP contribution is 2.08. The maximum atomic E-state index is 11.3. The fraction of sp³-hybridized carbons (Fsp3) is 0.875. The lowest BCUT2D eigenvalue weighted by atomic mass is 10.2. The van der Waals surface area contributed by atoms with E-state index in [2.05, 4.69) is 5.16 Å². The van der Waals surface area contributed by atoms with Crippen molar-refractivity contribution in [2.45, 2.75) is 19.4 Å². The van der Waals surface area contributed by atoms with Gasteiger partial charge in [-0.3, -0.25) is 4.90 Å². The summed E-state index contributed by atoms with van der Waals surface area (Å²) < 4.78 is 22.7. The van der Waals surface area contributed by atoms with E-state index >= 15 is 0 Å². The van der Waals surface area contributed by atoms with Gasteiger partial charge in [-0.25, -0.2) is 8.42 Å². The summed E-state index contributed by atoms with van der Waals surface area (Å²) >= 11 is 0. The maximum Gasteiger partial charge on any atom is 0.156 e. The molecule has 1 heterocycles. The number of hydrogen-bond acceptors (Lipinski definition) is 5. The van der Waals surface area contributed by atoms with Crippen LogP contribution in [-0.4, -0.2) is 55.0 Å². The first-order valence-corrected chi connectivity index (χ1v) is 6.70. The van der Waals surface area contributed by atoms with Crippen molar-refractivity contribution >= 4 is 15.7 Å². The SMILES string of the molecule is CC(C(N)=NO)N1CCCS(=O)(=O)CC1. The van der Waals surface area contributed by atoms with Crippen molar-refractivity contribution in [2.75, 3.05) is 24.6 Å². The van der Waals surface area contributed by atoms with Crippen LogP contribution >= 0.6 is 0 Å². The van der Waals surface area contributed by atoms with E-state index in [1.807, 2.05) is 4.90 Å². The average Bonchev–Trinajstić information content (AvgIpc) is 2.37. The zero-order valence-corrected chi connectivity index (χ0v) is 9.57. The van der Waals surface area contributed by atoms with Crippen LogP contribution in [0.2, 0.25) is 0 Å². The highest BCUT2D eigenvalue weighted by atomic mass is 32.2. The number of nitrogens with zero attached hydrogens (tertiary/aromatic N) is 2. The maximum absolute atomic E-state index is 11.3. The molecule has 0 bridgehead atoms. The molecule has 1 rings (SSSR count). The van der Waals surface area contributed by atoms with E-state index in [-0.39, 0.29) is 23.4 Å². The van der Waals surface area contributed by atoms with Gasteiger partial charge in [0.25, 0.3) is 0 Å². The number of sulfone groups is 1. The first kappa shape index (κ1) is 12.3. The molecule has 0 radical (unpaired) electrons. The Morgan fingerprint density at radius 2 is 2.13 bits per heavy atom. The summed E-state index contributed by atoms with van der Waals surface area (Å²) in [7, 11) is -2.90. The highest BCUT2D eigenvalue weighted by molar-refractivity contribution is 7.91. The van der Waals surface area contributed by atoms with Gasteiger partial charge in [-0.15, -0.1) is 0 Å². The van der Waals surface area contributed by atoms with Crippen molar-refractivity contribution in [3.63, 3.8) is 0 Å². The van der Waals surface area contributed by atoms with Gasteiger partial charge in [0, 0.05) is 6.54 Å². The third-order valence-corrected chi connectivity index (χ3v) is 4.40. The van der Waals surface area contributed by atoms with Gasteiger partial charge < -0.3 is 10.9 Å². The minimum Gasteiger partial charge on any atom is -0.409 e. The molecule has 0 aromatic rings. The quantitative estimate of drug-likeness (QED) is 0.284. The number of amidine groups is 1. The molecule has 1 aliphatic heterocycles. The second-order valence-electron chi connectivity index (χ2n) is 3.74. The van der Waals surface area contributed by atoms with E-state index < -0.39 is 9.84 Å². The lowest BCUT2D eigenvalue weighted by Gasteiger charge is -2.25. The Hall–Kier alpha value is -0.820. The third-order valence-electron chi connectivity index (χ3n) is 2.68. The highest BCUT2D eigenvalue weighted by Gasteiger charge is 2.24. The summed E-state index contributed by atoms with van der Waals surface area (Å²) in [4.78, 5) is 1.92. The Morgan fingerprint density at radius 3 is 2.73 bits per heavy atom. The van der Waals surface area contributed by atoms with E-state index in [0.717, 1.165) is 0 Å². The van der Waals surface area contributed by atoms with E-state index in [4.69, 9.17) is 10.9 Å². The van der Waals surface area contributed by atoms with E-state index in [9.17, 15) is 8.42 Å². The molecular formula is C8H17N3O3S. The molecule has 15 heavy (non-hydrogen) atoms.